The number of nitrogens with one attached hydrogen (secondary N) is 1. The summed E-state index contributed by atoms with van der Waals surface area (Å²) in [5.74, 6) is -0.760. The number of thiocarbonyl (C=S) groups is 1. The first kappa shape index (κ1) is 15.9. The van der Waals surface area contributed by atoms with Crippen molar-refractivity contribution in [1.82, 2.24) is 5.32 Å². The number of rotatable bonds is 6. The summed E-state index contributed by atoms with van der Waals surface area (Å²) in [6, 6.07) is 13.1. The van der Waals surface area contributed by atoms with Gasteiger partial charge >= 0.3 is 0 Å². The summed E-state index contributed by atoms with van der Waals surface area (Å²) in [6.45, 7) is 0.529. The zero-order valence-corrected chi connectivity index (χ0v) is 13.6. The SMILES string of the molecule is NC(=S)C(C(=O)NCCc1ccc(Cl)s1)c1ccccc1. The number of benzene rings is 1. The van der Waals surface area contributed by atoms with Gasteiger partial charge in [0.1, 0.15) is 5.92 Å². The number of thiophene rings is 1. The number of halogens is 1. The van der Waals surface area contributed by atoms with Gasteiger partial charge in [-0.05, 0) is 24.1 Å². The average molecular weight is 339 g/mol. The normalized spacial score (nSPS) is 11.9. The molecule has 0 fully saturated rings. The lowest BCUT2D eigenvalue weighted by Crippen LogP contribution is -2.37. The molecule has 0 aliphatic rings. The Hall–Kier alpha value is -1.43. The fourth-order valence-electron chi connectivity index (χ4n) is 1.99. The van der Waals surface area contributed by atoms with Crippen molar-refractivity contribution in [2.45, 2.75) is 12.3 Å². The Balaban J connectivity index is 1.95. The molecule has 0 spiro atoms. The van der Waals surface area contributed by atoms with E-state index in [-0.39, 0.29) is 10.9 Å². The van der Waals surface area contributed by atoms with Crippen LogP contribution in [0, 0.1) is 0 Å². The van der Waals surface area contributed by atoms with E-state index in [4.69, 9.17) is 29.6 Å². The maximum absolute atomic E-state index is 12.3. The smallest absolute Gasteiger partial charge is 0.234 e. The highest BCUT2D eigenvalue weighted by Gasteiger charge is 2.22. The van der Waals surface area contributed by atoms with Crippen molar-refractivity contribution in [2.75, 3.05) is 6.54 Å². The lowest BCUT2D eigenvalue weighted by molar-refractivity contribution is -0.121. The number of carbonyl (C=O) groups is 1. The highest BCUT2D eigenvalue weighted by molar-refractivity contribution is 7.80. The summed E-state index contributed by atoms with van der Waals surface area (Å²) in [6.07, 6.45) is 0.738. The van der Waals surface area contributed by atoms with Crippen LogP contribution in [0.3, 0.4) is 0 Å². The topological polar surface area (TPSA) is 55.1 Å². The first-order valence-corrected chi connectivity index (χ1v) is 8.04. The molecule has 2 aromatic rings. The molecule has 1 heterocycles. The number of carbonyl (C=O) groups excluding carboxylic acids is 1. The molecule has 1 aromatic carbocycles. The van der Waals surface area contributed by atoms with E-state index < -0.39 is 5.92 Å². The van der Waals surface area contributed by atoms with Gasteiger partial charge in [0.2, 0.25) is 5.91 Å². The van der Waals surface area contributed by atoms with Gasteiger partial charge in [0.25, 0.3) is 0 Å². The van der Waals surface area contributed by atoms with Crippen LogP contribution in [0.4, 0.5) is 0 Å². The van der Waals surface area contributed by atoms with E-state index >= 15 is 0 Å². The van der Waals surface area contributed by atoms with Crippen molar-refractivity contribution in [3.63, 3.8) is 0 Å². The van der Waals surface area contributed by atoms with Crippen molar-refractivity contribution in [3.05, 3.63) is 57.2 Å². The number of hydrogen-bond donors (Lipinski definition) is 2. The molecule has 0 saturated carbocycles. The van der Waals surface area contributed by atoms with Gasteiger partial charge in [-0.3, -0.25) is 4.79 Å². The van der Waals surface area contributed by atoms with Gasteiger partial charge < -0.3 is 11.1 Å². The predicted molar refractivity (Wildman–Crippen MR) is 92.0 cm³/mol. The van der Waals surface area contributed by atoms with E-state index in [1.807, 2.05) is 42.5 Å². The van der Waals surface area contributed by atoms with Crippen molar-refractivity contribution in [2.24, 2.45) is 5.73 Å². The predicted octanol–water partition coefficient (Wildman–Crippen LogP) is 3.13. The van der Waals surface area contributed by atoms with E-state index in [0.717, 1.165) is 21.2 Å². The molecule has 3 nitrogen and oxygen atoms in total. The summed E-state index contributed by atoms with van der Waals surface area (Å²) in [5.41, 5.74) is 6.52. The lowest BCUT2D eigenvalue weighted by atomic mass is 9.98. The second-order valence-electron chi connectivity index (χ2n) is 4.49. The number of nitrogens with two attached hydrogens (primary N) is 1. The lowest BCUT2D eigenvalue weighted by Gasteiger charge is -2.15. The molecule has 1 atom stereocenters. The van der Waals surface area contributed by atoms with Crippen molar-refractivity contribution < 1.29 is 4.79 Å². The maximum atomic E-state index is 12.3. The van der Waals surface area contributed by atoms with Crippen LogP contribution < -0.4 is 11.1 Å². The van der Waals surface area contributed by atoms with E-state index in [2.05, 4.69) is 5.32 Å². The summed E-state index contributed by atoms with van der Waals surface area (Å²) in [4.78, 5) is 13.6. The molecular formula is C15H15ClN2OS2. The number of amides is 1. The molecule has 1 unspecified atom stereocenters. The van der Waals surface area contributed by atoms with Crippen molar-refractivity contribution in [3.8, 4) is 0 Å². The molecule has 3 N–H and O–H groups in total. The second-order valence-corrected chi connectivity index (χ2v) is 6.76. The minimum absolute atomic E-state index is 0.170. The largest absolute Gasteiger partial charge is 0.392 e. The Morgan fingerprint density at radius 3 is 2.57 bits per heavy atom. The van der Waals surface area contributed by atoms with Crippen molar-refractivity contribution >= 4 is 46.1 Å². The van der Waals surface area contributed by atoms with Crippen LogP contribution in [0.5, 0.6) is 0 Å². The van der Waals surface area contributed by atoms with Crippen LogP contribution in [0.15, 0.2) is 42.5 Å². The van der Waals surface area contributed by atoms with Gasteiger partial charge in [-0.1, -0.05) is 54.2 Å². The molecule has 0 aliphatic carbocycles. The summed E-state index contributed by atoms with van der Waals surface area (Å²) < 4.78 is 0.752. The molecule has 2 rings (SSSR count). The van der Waals surface area contributed by atoms with Crippen molar-refractivity contribution in [1.29, 1.82) is 0 Å². The van der Waals surface area contributed by atoms with E-state index in [1.54, 1.807) is 0 Å². The van der Waals surface area contributed by atoms with Gasteiger partial charge in [-0.25, -0.2) is 0 Å². The highest BCUT2D eigenvalue weighted by atomic mass is 35.5. The third-order valence-corrected chi connectivity index (χ3v) is 4.51. The Morgan fingerprint density at radius 1 is 1.29 bits per heavy atom. The van der Waals surface area contributed by atoms with Crippen LogP contribution in [-0.4, -0.2) is 17.4 Å². The molecule has 1 amide bonds. The van der Waals surface area contributed by atoms with Gasteiger partial charge in [0, 0.05) is 11.4 Å². The molecule has 0 bridgehead atoms. The zero-order chi connectivity index (χ0) is 15.2. The van der Waals surface area contributed by atoms with Gasteiger partial charge in [-0.2, -0.15) is 0 Å². The average Bonchev–Trinajstić information content (AvgIpc) is 2.85. The van der Waals surface area contributed by atoms with Gasteiger partial charge in [0.15, 0.2) is 0 Å². The summed E-state index contributed by atoms with van der Waals surface area (Å²) in [7, 11) is 0. The van der Waals surface area contributed by atoms with Crippen LogP contribution in [0.1, 0.15) is 16.4 Å². The fraction of sp³-hybridized carbons (Fsp3) is 0.200. The first-order chi connectivity index (χ1) is 10.1. The molecule has 110 valence electrons. The first-order valence-electron chi connectivity index (χ1n) is 6.44. The molecular weight excluding hydrogens is 324 g/mol. The standard InChI is InChI=1S/C15H15ClN2OS2/c16-12-7-6-11(21-12)8-9-18-15(19)13(14(17)20)10-4-2-1-3-5-10/h1-7,13H,8-9H2,(H2,17,20)(H,18,19). The van der Waals surface area contributed by atoms with Crippen LogP contribution >= 0.6 is 35.2 Å². The fourth-order valence-corrected chi connectivity index (χ4v) is 3.32. The van der Waals surface area contributed by atoms with Crippen LogP contribution in [0.25, 0.3) is 0 Å². The number of hydrogen-bond acceptors (Lipinski definition) is 3. The highest BCUT2D eigenvalue weighted by Crippen LogP contribution is 2.21. The summed E-state index contributed by atoms with van der Waals surface area (Å²) in [5, 5.41) is 2.88. The van der Waals surface area contributed by atoms with E-state index in [0.29, 0.717) is 6.54 Å². The van der Waals surface area contributed by atoms with Gasteiger partial charge in [0.05, 0.1) is 9.32 Å². The Morgan fingerprint density at radius 2 is 2.00 bits per heavy atom. The molecule has 21 heavy (non-hydrogen) atoms. The molecule has 0 aliphatic heterocycles. The Labute approximate surface area is 138 Å². The van der Waals surface area contributed by atoms with Crippen LogP contribution in [0.2, 0.25) is 4.34 Å². The summed E-state index contributed by atoms with van der Waals surface area (Å²) >= 11 is 12.4. The van der Waals surface area contributed by atoms with E-state index in [1.165, 1.54) is 11.3 Å². The van der Waals surface area contributed by atoms with E-state index in [9.17, 15) is 4.79 Å². The minimum atomic E-state index is -0.590. The quantitative estimate of drug-likeness (QED) is 0.796. The minimum Gasteiger partial charge on any atom is -0.392 e. The Kier molecular flexibility index (Phi) is 5.73. The maximum Gasteiger partial charge on any atom is 0.234 e. The second kappa shape index (κ2) is 7.54. The molecule has 0 radical (unpaired) electrons. The zero-order valence-electron chi connectivity index (χ0n) is 11.2. The third-order valence-electron chi connectivity index (χ3n) is 2.98. The molecule has 6 heteroatoms. The Bertz CT molecular complexity index is 628. The molecule has 0 saturated heterocycles. The van der Waals surface area contributed by atoms with Gasteiger partial charge in [-0.15, -0.1) is 11.3 Å². The monoisotopic (exact) mass is 338 g/mol. The third kappa shape index (κ3) is 4.52. The van der Waals surface area contributed by atoms with Crippen LogP contribution in [-0.2, 0) is 11.2 Å². The molecule has 1 aromatic heterocycles.